The summed E-state index contributed by atoms with van der Waals surface area (Å²) in [5.41, 5.74) is 8.75. The van der Waals surface area contributed by atoms with Gasteiger partial charge in [0, 0.05) is 11.7 Å². The zero-order chi connectivity index (χ0) is 13.1. The van der Waals surface area contributed by atoms with Gasteiger partial charge in [0.25, 0.3) is 0 Å². The third kappa shape index (κ3) is 2.80. The number of nitrogen functional groups attached to an aromatic ring is 1. The molecule has 0 amide bonds. The fraction of sp³-hybridized carbons (Fsp3) is 0.200. The normalized spacial score (nSPS) is 12.2. The smallest absolute Gasteiger partial charge is 0.148 e. The van der Waals surface area contributed by atoms with Gasteiger partial charge >= 0.3 is 0 Å². The van der Waals surface area contributed by atoms with E-state index in [4.69, 9.17) is 5.73 Å². The van der Waals surface area contributed by atoms with Crippen molar-refractivity contribution in [3.63, 3.8) is 0 Å². The summed E-state index contributed by atoms with van der Waals surface area (Å²) in [6.45, 7) is 4.04. The lowest BCUT2D eigenvalue weighted by atomic mass is 10.1. The quantitative estimate of drug-likeness (QED) is 0.804. The molecule has 0 spiro atoms. The SMILES string of the molecule is Cc1ccc(C(C)Nc2ccc(N)cc2F)cc1. The van der Waals surface area contributed by atoms with Crippen molar-refractivity contribution in [1.29, 1.82) is 0 Å². The average molecular weight is 244 g/mol. The van der Waals surface area contributed by atoms with Gasteiger partial charge in [0.05, 0.1) is 5.69 Å². The second-order valence-corrected chi connectivity index (χ2v) is 4.52. The van der Waals surface area contributed by atoms with Gasteiger partial charge in [-0.3, -0.25) is 0 Å². The highest BCUT2D eigenvalue weighted by Crippen LogP contribution is 2.23. The molecule has 3 heteroatoms. The van der Waals surface area contributed by atoms with E-state index < -0.39 is 0 Å². The van der Waals surface area contributed by atoms with Crippen LogP contribution in [0, 0.1) is 12.7 Å². The predicted molar refractivity (Wildman–Crippen MR) is 74.0 cm³/mol. The third-order valence-electron chi connectivity index (χ3n) is 2.94. The van der Waals surface area contributed by atoms with Crippen LogP contribution in [0.1, 0.15) is 24.1 Å². The molecule has 1 atom stereocenters. The van der Waals surface area contributed by atoms with Gasteiger partial charge in [-0.15, -0.1) is 0 Å². The van der Waals surface area contributed by atoms with Gasteiger partial charge in [0.1, 0.15) is 5.82 Å². The monoisotopic (exact) mass is 244 g/mol. The van der Waals surface area contributed by atoms with Crippen LogP contribution in [0.25, 0.3) is 0 Å². The Labute approximate surface area is 107 Å². The van der Waals surface area contributed by atoms with Crippen molar-refractivity contribution in [1.82, 2.24) is 0 Å². The molecule has 0 aliphatic carbocycles. The highest BCUT2D eigenvalue weighted by atomic mass is 19.1. The molecule has 0 saturated carbocycles. The van der Waals surface area contributed by atoms with Crippen molar-refractivity contribution in [2.45, 2.75) is 19.9 Å². The molecule has 0 fully saturated rings. The molecule has 0 saturated heterocycles. The van der Waals surface area contributed by atoms with Crippen LogP contribution in [-0.2, 0) is 0 Å². The van der Waals surface area contributed by atoms with E-state index in [2.05, 4.69) is 5.32 Å². The Morgan fingerprint density at radius 1 is 1.11 bits per heavy atom. The number of rotatable bonds is 3. The zero-order valence-electron chi connectivity index (χ0n) is 10.6. The van der Waals surface area contributed by atoms with Gasteiger partial charge in [-0.1, -0.05) is 29.8 Å². The van der Waals surface area contributed by atoms with Gasteiger partial charge in [-0.25, -0.2) is 4.39 Å². The second-order valence-electron chi connectivity index (χ2n) is 4.52. The van der Waals surface area contributed by atoms with Crippen molar-refractivity contribution in [2.24, 2.45) is 0 Å². The summed E-state index contributed by atoms with van der Waals surface area (Å²) >= 11 is 0. The maximum atomic E-state index is 13.6. The average Bonchev–Trinajstić information content (AvgIpc) is 2.33. The van der Waals surface area contributed by atoms with Crippen molar-refractivity contribution < 1.29 is 4.39 Å². The van der Waals surface area contributed by atoms with E-state index in [0.717, 1.165) is 5.56 Å². The molecule has 0 aromatic heterocycles. The molecule has 2 aromatic rings. The summed E-state index contributed by atoms with van der Waals surface area (Å²) in [6, 6.07) is 12.9. The first-order valence-electron chi connectivity index (χ1n) is 5.94. The van der Waals surface area contributed by atoms with E-state index in [1.165, 1.54) is 11.6 Å². The molecule has 3 N–H and O–H groups in total. The summed E-state index contributed by atoms with van der Waals surface area (Å²) in [6.07, 6.45) is 0. The Morgan fingerprint density at radius 2 is 1.78 bits per heavy atom. The molecule has 94 valence electrons. The first kappa shape index (κ1) is 12.4. The first-order chi connectivity index (χ1) is 8.56. The minimum absolute atomic E-state index is 0.0451. The number of nitrogens with one attached hydrogen (secondary N) is 1. The lowest BCUT2D eigenvalue weighted by Gasteiger charge is -2.16. The summed E-state index contributed by atoms with van der Waals surface area (Å²) < 4.78 is 13.6. The van der Waals surface area contributed by atoms with Gasteiger partial charge in [-0.05, 0) is 37.6 Å². The van der Waals surface area contributed by atoms with Crippen LogP contribution in [0.4, 0.5) is 15.8 Å². The summed E-state index contributed by atoms with van der Waals surface area (Å²) in [5.74, 6) is -0.325. The van der Waals surface area contributed by atoms with E-state index in [0.29, 0.717) is 11.4 Å². The van der Waals surface area contributed by atoms with E-state index in [9.17, 15) is 4.39 Å². The molecule has 0 radical (unpaired) electrons. The van der Waals surface area contributed by atoms with Crippen LogP contribution in [0.15, 0.2) is 42.5 Å². The molecule has 2 nitrogen and oxygen atoms in total. The van der Waals surface area contributed by atoms with Gasteiger partial charge in [0.15, 0.2) is 0 Å². The van der Waals surface area contributed by atoms with Crippen molar-refractivity contribution >= 4 is 11.4 Å². The Bertz CT molecular complexity index is 535. The van der Waals surface area contributed by atoms with Crippen LogP contribution in [0.3, 0.4) is 0 Å². The van der Waals surface area contributed by atoms with E-state index in [-0.39, 0.29) is 11.9 Å². The van der Waals surface area contributed by atoms with E-state index in [1.54, 1.807) is 12.1 Å². The number of halogens is 1. The topological polar surface area (TPSA) is 38.0 Å². The number of benzene rings is 2. The molecule has 0 aliphatic rings. The summed E-state index contributed by atoms with van der Waals surface area (Å²) in [4.78, 5) is 0. The van der Waals surface area contributed by atoms with Crippen molar-refractivity contribution in [3.05, 3.63) is 59.4 Å². The maximum Gasteiger partial charge on any atom is 0.148 e. The van der Waals surface area contributed by atoms with Gasteiger partial charge in [0.2, 0.25) is 0 Å². The van der Waals surface area contributed by atoms with Crippen molar-refractivity contribution in [3.8, 4) is 0 Å². The van der Waals surface area contributed by atoms with Crippen molar-refractivity contribution in [2.75, 3.05) is 11.1 Å². The third-order valence-corrected chi connectivity index (χ3v) is 2.94. The molecule has 0 aliphatic heterocycles. The molecule has 1 unspecified atom stereocenters. The highest BCUT2D eigenvalue weighted by molar-refractivity contribution is 5.53. The number of hydrogen-bond acceptors (Lipinski definition) is 2. The molecule has 0 heterocycles. The number of hydrogen-bond donors (Lipinski definition) is 2. The van der Waals surface area contributed by atoms with Crippen LogP contribution in [0.2, 0.25) is 0 Å². The number of aryl methyl sites for hydroxylation is 1. The lowest BCUT2D eigenvalue weighted by molar-refractivity contribution is 0.628. The number of nitrogens with two attached hydrogens (primary N) is 1. The fourth-order valence-corrected chi connectivity index (χ4v) is 1.82. The predicted octanol–water partition coefficient (Wildman–Crippen LogP) is 3.89. The minimum Gasteiger partial charge on any atom is -0.399 e. The van der Waals surface area contributed by atoms with E-state index >= 15 is 0 Å². The van der Waals surface area contributed by atoms with Crippen LogP contribution in [0.5, 0.6) is 0 Å². The summed E-state index contributed by atoms with van der Waals surface area (Å²) in [7, 11) is 0. The maximum absolute atomic E-state index is 13.6. The summed E-state index contributed by atoms with van der Waals surface area (Å²) in [5, 5.41) is 3.14. The molecule has 0 bridgehead atoms. The van der Waals surface area contributed by atoms with E-state index in [1.807, 2.05) is 38.1 Å². The molecular formula is C15H17FN2. The molecule has 18 heavy (non-hydrogen) atoms. The Balaban J connectivity index is 2.15. The second kappa shape index (κ2) is 5.08. The van der Waals surface area contributed by atoms with Crippen LogP contribution in [-0.4, -0.2) is 0 Å². The molecule has 2 rings (SSSR count). The fourth-order valence-electron chi connectivity index (χ4n) is 1.82. The van der Waals surface area contributed by atoms with Gasteiger partial charge in [-0.2, -0.15) is 0 Å². The van der Waals surface area contributed by atoms with Gasteiger partial charge < -0.3 is 11.1 Å². The molecule has 2 aromatic carbocycles. The highest BCUT2D eigenvalue weighted by Gasteiger charge is 2.08. The Morgan fingerprint density at radius 3 is 2.39 bits per heavy atom. The van der Waals surface area contributed by atoms with Crippen LogP contribution >= 0.6 is 0 Å². The lowest BCUT2D eigenvalue weighted by Crippen LogP contribution is -2.08. The largest absolute Gasteiger partial charge is 0.399 e. The Hall–Kier alpha value is -2.03. The minimum atomic E-state index is -0.325. The standard InChI is InChI=1S/C15H17FN2/c1-10-3-5-12(6-4-10)11(2)18-15-8-7-13(17)9-14(15)16/h3-9,11,18H,17H2,1-2H3. The van der Waals surface area contributed by atoms with Crippen LogP contribution < -0.4 is 11.1 Å². The Kier molecular flexibility index (Phi) is 3.51. The first-order valence-corrected chi connectivity index (χ1v) is 5.94. The number of anilines is 2. The molecular weight excluding hydrogens is 227 g/mol. The zero-order valence-corrected chi connectivity index (χ0v) is 10.6.